The zero-order chi connectivity index (χ0) is 49.6. The van der Waals surface area contributed by atoms with Gasteiger partial charge >= 0.3 is 0 Å². The first-order valence-electron chi connectivity index (χ1n) is 24.0. The molecule has 0 saturated heterocycles. The number of aromatic nitrogens is 4. The molecule has 6 atom stereocenters. The summed E-state index contributed by atoms with van der Waals surface area (Å²) in [6, 6.07) is 37.3. The predicted octanol–water partition coefficient (Wildman–Crippen LogP) is 9.80. The van der Waals surface area contributed by atoms with E-state index in [1.54, 1.807) is 26.0 Å². The predicted molar refractivity (Wildman–Crippen MR) is 268 cm³/mol. The number of benzene rings is 4. The lowest BCUT2D eigenvalue weighted by Gasteiger charge is -2.28. The van der Waals surface area contributed by atoms with E-state index in [9.17, 15) is 19.2 Å². The Bertz CT molecular complexity index is 2550. The summed E-state index contributed by atoms with van der Waals surface area (Å²) in [5, 5.41) is 23.6. The third-order valence-corrected chi connectivity index (χ3v) is 12.4. The highest BCUT2D eigenvalue weighted by atomic mass is 16.5. The van der Waals surface area contributed by atoms with E-state index in [2.05, 4.69) is 31.0 Å². The van der Waals surface area contributed by atoms with E-state index >= 15 is 0 Å². The van der Waals surface area contributed by atoms with Gasteiger partial charge in [-0.3, -0.25) is 19.2 Å². The first-order chi connectivity index (χ1) is 33.7. The van der Waals surface area contributed by atoms with Gasteiger partial charge in [0.2, 0.25) is 11.8 Å². The highest BCUT2D eigenvalue weighted by Crippen LogP contribution is 2.40. The molecule has 6 aromatic rings. The van der Waals surface area contributed by atoms with Crippen LogP contribution in [-0.2, 0) is 44.9 Å². The molecule has 2 amide bonds. The molecule has 1 saturated carbocycles. The van der Waals surface area contributed by atoms with Crippen molar-refractivity contribution in [1.29, 1.82) is 0 Å². The molecule has 364 valence electrons. The van der Waals surface area contributed by atoms with Crippen molar-refractivity contribution in [1.82, 2.24) is 20.4 Å². The molecule has 7 rings (SSSR count). The molecule has 14 heteroatoms. The fourth-order valence-corrected chi connectivity index (χ4v) is 8.48. The van der Waals surface area contributed by atoms with Crippen LogP contribution in [0.5, 0.6) is 23.0 Å². The number of amides is 2. The van der Waals surface area contributed by atoms with Gasteiger partial charge in [-0.25, -0.2) is 0 Å². The number of hydrogen-bond acceptors (Lipinski definition) is 12. The molecule has 1 aliphatic carbocycles. The van der Waals surface area contributed by atoms with E-state index in [1.165, 1.54) is 0 Å². The van der Waals surface area contributed by atoms with Crippen molar-refractivity contribution in [3.8, 4) is 23.0 Å². The fraction of sp³-hybridized carbons (Fsp3) is 0.357. The molecule has 4 aromatic carbocycles. The molecule has 0 bridgehead atoms. The summed E-state index contributed by atoms with van der Waals surface area (Å²) in [4.78, 5) is 49.7. The van der Waals surface area contributed by atoms with E-state index in [0.717, 1.165) is 59.3 Å². The second-order valence-corrected chi connectivity index (χ2v) is 18.3. The molecule has 0 spiro atoms. The Labute approximate surface area is 409 Å². The third kappa shape index (κ3) is 14.8. The lowest BCUT2D eigenvalue weighted by molar-refractivity contribution is -0.117. The average molecular weight is 947 g/mol. The maximum atomic E-state index is 13.3. The van der Waals surface area contributed by atoms with Gasteiger partial charge in [0.05, 0.1) is 24.2 Å². The molecule has 6 unspecified atom stereocenters. The summed E-state index contributed by atoms with van der Waals surface area (Å²) in [5.74, 6) is 3.19. The minimum atomic E-state index is -0.344. The summed E-state index contributed by atoms with van der Waals surface area (Å²) in [5.41, 5.74) is 4.93. The van der Waals surface area contributed by atoms with Crippen molar-refractivity contribution in [3.05, 3.63) is 155 Å². The highest BCUT2D eigenvalue weighted by molar-refractivity contribution is 5.92. The van der Waals surface area contributed by atoms with Gasteiger partial charge in [-0.1, -0.05) is 67.1 Å². The zero-order valence-corrected chi connectivity index (χ0v) is 40.7. The normalized spacial score (nSPS) is 16.1. The average Bonchev–Trinajstić information content (AvgIpc) is 3.33. The van der Waals surface area contributed by atoms with E-state index in [1.807, 2.05) is 137 Å². The van der Waals surface area contributed by atoms with Gasteiger partial charge < -0.3 is 29.6 Å². The Hall–Kier alpha value is -7.48. The summed E-state index contributed by atoms with van der Waals surface area (Å²) in [7, 11) is 0. The second kappa shape index (κ2) is 24.2. The number of hydrogen-bond donors (Lipinski definition) is 2. The lowest BCUT2D eigenvalue weighted by atomic mass is 9.78. The first kappa shape index (κ1) is 50.4. The number of anilines is 2. The maximum Gasteiger partial charge on any atom is 0.230 e. The molecule has 0 radical (unpaired) electrons. The summed E-state index contributed by atoms with van der Waals surface area (Å²) < 4.78 is 24.9. The number of nitrogens with zero attached hydrogens (tertiary/aromatic N) is 4. The number of nitrogens with one attached hydrogen (secondary N) is 2. The van der Waals surface area contributed by atoms with Crippen LogP contribution >= 0.6 is 0 Å². The molecule has 2 N–H and O–H groups in total. The quantitative estimate of drug-likeness (QED) is 0.0659. The number of ketones is 2. The molecular weight excluding hydrogens is 885 g/mol. The van der Waals surface area contributed by atoms with Crippen LogP contribution in [0.3, 0.4) is 0 Å². The number of para-hydroxylation sites is 2. The minimum Gasteiger partial charge on any atom is -0.487 e. The van der Waals surface area contributed by atoms with Crippen LogP contribution in [0.1, 0.15) is 113 Å². The molecule has 2 aromatic heterocycles. The van der Waals surface area contributed by atoms with Gasteiger partial charge in [0, 0.05) is 35.8 Å². The summed E-state index contributed by atoms with van der Waals surface area (Å²) >= 11 is 0. The molecular formula is C56H62N6O8. The van der Waals surface area contributed by atoms with Crippen LogP contribution in [0.2, 0.25) is 0 Å². The van der Waals surface area contributed by atoms with E-state index < -0.39 is 0 Å². The number of rotatable bonds is 22. The van der Waals surface area contributed by atoms with Gasteiger partial charge in [-0.15, -0.1) is 10.2 Å². The Kier molecular flexibility index (Phi) is 17.4. The van der Waals surface area contributed by atoms with E-state index in [0.29, 0.717) is 47.5 Å². The SMILES string of the molecule is CC(=O)Cc1cccc(OC(C)C(C)Oc2ccccc2CC(=O)Nc2ccc(C3CCCC(c4ccc(NC(=O)Cc5ccccc5OC(C)C(C)Oc5cccc(CC(C)=O)c5)nn4)C3)nn2)c1. The first-order valence-corrected chi connectivity index (χ1v) is 24.0. The zero-order valence-electron chi connectivity index (χ0n) is 40.7. The molecule has 70 heavy (non-hydrogen) atoms. The molecule has 2 heterocycles. The number of Topliss-reactive ketones (excluding diaryl/α,β-unsaturated/α-hetero) is 2. The Morgan fingerprint density at radius 1 is 0.500 bits per heavy atom. The van der Waals surface area contributed by atoms with Crippen molar-refractivity contribution in [2.75, 3.05) is 10.6 Å². The van der Waals surface area contributed by atoms with E-state index in [4.69, 9.17) is 18.9 Å². The topological polar surface area (TPSA) is 181 Å². The lowest BCUT2D eigenvalue weighted by Crippen LogP contribution is -2.31. The van der Waals surface area contributed by atoms with Crippen molar-refractivity contribution in [2.24, 2.45) is 0 Å². The van der Waals surface area contributed by atoms with Gasteiger partial charge in [0.25, 0.3) is 0 Å². The van der Waals surface area contributed by atoms with Crippen LogP contribution in [0.4, 0.5) is 11.6 Å². The van der Waals surface area contributed by atoms with Gasteiger partial charge in [-0.2, -0.15) is 10.2 Å². The second-order valence-electron chi connectivity index (χ2n) is 18.3. The fourth-order valence-electron chi connectivity index (χ4n) is 8.48. The van der Waals surface area contributed by atoms with E-state index in [-0.39, 0.29) is 72.5 Å². The van der Waals surface area contributed by atoms with Gasteiger partial charge in [0.15, 0.2) is 11.6 Å². The number of carbonyl (C=O) groups excluding carboxylic acids is 4. The Morgan fingerprint density at radius 3 is 1.31 bits per heavy atom. The third-order valence-electron chi connectivity index (χ3n) is 12.4. The van der Waals surface area contributed by atoms with Crippen LogP contribution in [0.15, 0.2) is 121 Å². The smallest absolute Gasteiger partial charge is 0.230 e. The largest absolute Gasteiger partial charge is 0.487 e. The van der Waals surface area contributed by atoms with Gasteiger partial charge in [0.1, 0.15) is 59.0 Å². The van der Waals surface area contributed by atoms with Gasteiger partial charge in [-0.05, 0) is 133 Å². The van der Waals surface area contributed by atoms with Crippen molar-refractivity contribution < 1.29 is 38.1 Å². The van der Waals surface area contributed by atoms with Crippen molar-refractivity contribution >= 4 is 35.0 Å². The summed E-state index contributed by atoms with van der Waals surface area (Å²) in [6.45, 7) is 10.8. The van der Waals surface area contributed by atoms with Crippen LogP contribution < -0.4 is 29.6 Å². The Morgan fingerprint density at radius 2 is 0.914 bits per heavy atom. The molecule has 0 aliphatic heterocycles. The van der Waals surface area contributed by atoms with Crippen LogP contribution in [0, 0.1) is 0 Å². The monoisotopic (exact) mass is 946 g/mol. The molecule has 1 fully saturated rings. The maximum absolute atomic E-state index is 13.3. The number of ether oxygens (including phenoxy) is 4. The van der Waals surface area contributed by atoms with Crippen LogP contribution in [0.25, 0.3) is 0 Å². The molecule has 14 nitrogen and oxygen atoms in total. The minimum absolute atomic E-state index is 0.0727. The molecule has 1 aliphatic rings. The summed E-state index contributed by atoms with van der Waals surface area (Å²) in [6.07, 6.45) is 3.22. The highest BCUT2D eigenvalue weighted by Gasteiger charge is 2.27. The Balaban J connectivity index is 0.870. The number of carbonyl (C=O) groups is 4. The van der Waals surface area contributed by atoms with Crippen molar-refractivity contribution in [2.45, 2.75) is 129 Å². The van der Waals surface area contributed by atoms with Crippen molar-refractivity contribution in [3.63, 3.8) is 0 Å². The van der Waals surface area contributed by atoms with Crippen LogP contribution in [-0.4, -0.2) is 68.2 Å². The standard InChI is InChI=1S/C56H62N6O8/c1-35(63)28-41-14-11-20-47(30-41)67-37(3)39(5)69-51-22-9-7-16-45(51)33-55(65)57-53-26-24-49(59-61-53)43-18-13-19-44(32-43)50-25-27-54(62-60-50)58-56(66)34-46-17-8-10-23-52(46)70-40(6)38(4)68-48-21-12-15-42(31-48)29-36(2)64/h7-12,14-17,20-27,30-31,37-40,43-44H,13,18-19,28-29,32-34H2,1-6H3,(H,57,61,65)(H,58,62,66).